The van der Waals surface area contributed by atoms with Gasteiger partial charge in [0, 0.05) is 25.1 Å². The molecule has 3 heterocycles. The number of nitrogens with zero attached hydrogens (tertiary/aromatic N) is 2. The van der Waals surface area contributed by atoms with Gasteiger partial charge in [0.25, 0.3) is 5.91 Å². The second-order valence-electron chi connectivity index (χ2n) is 6.70. The van der Waals surface area contributed by atoms with E-state index in [0.717, 1.165) is 17.7 Å². The number of carbonyl (C=O) groups is 1. The van der Waals surface area contributed by atoms with Crippen molar-refractivity contribution in [3.8, 4) is 11.5 Å². The molecule has 0 bridgehead atoms. The minimum absolute atomic E-state index is 0.0566. The van der Waals surface area contributed by atoms with Crippen molar-refractivity contribution in [1.29, 1.82) is 0 Å². The Hall–Kier alpha value is -2.86. The second-order valence-corrected chi connectivity index (χ2v) is 6.70. The molecule has 6 nitrogen and oxygen atoms in total. The van der Waals surface area contributed by atoms with E-state index in [-0.39, 0.29) is 11.8 Å². The van der Waals surface area contributed by atoms with Crippen LogP contribution in [0, 0.1) is 6.92 Å². The molecule has 0 radical (unpaired) electrons. The fraction of sp³-hybridized carbons (Fsp3) is 0.300. The van der Waals surface area contributed by atoms with Crippen molar-refractivity contribution in [2.45, 2.75) is 25.4 Å². The number of amides is 1. The standard InChI is InChI=1S/C20H21N3O3/c1-13-7-8-19(26-13)16-11-17(22-21-16)20(25)23-10-9-15(18(24)12-23)14-5-3-2-4-6-14/h2-8,11,15,18,24H,9-10,12H2,1H3,(H,21,22)/t15-,18-/m1/s1. The highest BCUT2D eigenvalue weighted by molar-refractivity contribution is 5.93. The van der Waals surface area contributed by atoms with Gasteiger partial charge in [-0.25, -0.2) is 0 Å². The third-order valence-electron chi connectivity index (χ3n) is 4.90. The number of aliphatic hydroxyl groups excluding tert-OH is 1. The Balaban J connectivity index is 1.46. The van der Waals surface area contributed by atoms with E-state index in [1.165, 1.54) is 0 Å². The van der Waals surface area contributed by atoms with Crippen molar-refractivity contribution in [2.75, 3.05) is 13.1 Å². The highest BCUT2D eigenvalue weighted by Crippen LogP contribution is 2.29. The zero-order valence-corrected chi connectivity index (χ0v) is 14.6. The predicted octanol–water partition coefficient (Wildman–Crippen LogP) is 2.97. The molecule has 1 aromatic carbocycles. The topological polar surface area (TPSA) is 82.4 Å². The Bertz CT molecular complexity index is 900. The summed E-state index contributed by atoms with van der Waals surface area (Å²) in [5, 5.41) is 17.5. The highest BCUT2D eigenvalue weighted by Gasteiger charge is 2.32. The first-order valence-corrected chi connectivity index (χ1v) is 8.76. The molecule has 2 atom stereocenters. The van der Waals surface area contributed by atoms with Gasteiger partial charge in [-0.3, -0.25) is 9.89 Å². The number of carbonyl (C=O) groups excluding carboxylic acids is 1. The van der Waals surface area contributed by atoms with Crippen LogP contribution in [0.2, 0.25) is 0 Å². The van der Waals surface area contributed by atoms with E-state index in [4.69, 9.17) is 4.42 Å². The lowest BCUT2D eigenvalue weighted by molar-refractivity contribution is 0.0378. The molecule has 1 aliphatic rings. The van der Waals surface area contributed by atoms with Gasteiger partial charge in [0.15, 0.2) is 11.5 Å². The summed E-state index contributed by atoms with van der Waals surface area (Å²) in [6.45, 7) is 2.77. The van der Waals surface area contributed by atoms with Crippen LogP contribution in [-0.4, -0.2) is 45.3 Å². The molecule has 6 heteroatoms. The number of likely N-dealkylation sites (tertiary alicyclic amines) is 1. The molecule has 3 aromatic rings. The average Bonchev–Trinajstić information content (AvgIpc) is 3.31. The number of β-amino-alcohol motifs (C(OH)–C–C–N with tert-alkyl or cyclic N) is 1. The molecule has 1 saturated heterocycles. The lowest BCUT2D eigenvalue weighted by Crippen LogP contribution is -2.45. The number of rotatable bonds is 3. The van der Waals surface area contributed by atoms with Crippen molar-refractivity contribution in [2.24, 2.45) is 0 Å². The number of hydrogen-bond donors (Lipinski definition) is 2. The van der Waals surface area contributed by atoms with Crippen LogP contribution in [0.4, 0.5) is 0 Å². The third kappa shape index (κ3) is 3.15. The SMILES string of the molecule is Cc1ccc(-c2cc(C(=O)N3CC[C@H](c4ccccc4)[C@H](O)C3)n[nH]2)o1. The van der Waals surface area contributed by atoms with Crippen molar-refractivity contribution < 1.29 is 14.3 Å². The smallest absolute Gasteiger partial charge is 0.274 e. The summed E-state index contributed by atoms with van der Waals surface area (Å²) in [5.74, 6) is 1.33. The van der Waals surface area contributed by atoms with Crippen LogP contribution in [0.3, 0.4) is 0 Å². The zero-order chi connectivity index (χ0) is 18.1. The number of aryl methyl sites for hydroxylation is 1. The summed E-state index contributed by atoms with van der Waals surface area (Å²) < 4.78 is 5.55. The highest BCUT2D eigenvalue weighted by atomic mass is 16.3. The van der Waals surface area contributed by atoms with Gasteiger partial charge >= 0.3 is 0 Å². The molecule has 0 saturated carbocycles. The summed E-state index contributed by atoms with van der Waals surface area (Å²) in [6, 6.07) is 15.4. The van der Waals surface area contributed by atoms with Gasteiger partial charge in [0.05, 0.1) is 6.10 Å². The Labute approximate surface area is 151 Å². The maximum atomic E-state index is 12.7. The number of aromatic nitrogens is 2. The maximum Gasteiger partial charge on any atom is 0.274 e. The van der Waals surface area contributed by atoms with E-state index in [1.807, 2.05) is 49.4 Å². The molecule has 0 spiro atoms. The van der Waals surface area contributed by atoms with E-state index >= 15 is 0 Å². The molecule has 26 heavy (non-hydrogen) atoms. The van der Waals surface area contributed by atoms with Gasteiger partial charge in [0.2, 0.25) is 0 Å². The molecule has 1 amide bonds. The molecule has 0 aliphatic carbocycles. The summed E-state index contributed by atoms with van der Waals surface area (Å²) in [7, 11) is 0. The van der Waals surface area contributed by atoms with Crippen molar-refractivity contribution in [3.63, 3.8) is 0 Å². The first-order chi connectivity index (χ1) is 12.6. The van der Waals surface area contributed by atoms with Gasteiger partial charge in [0.1, 0.15) is 11.5 Å². The molecule has 0 unspecified atom stereocenters. The number of aliphatic hydroxyl groups is 1. The predicted molar refractivity (Wildman–Crippen MR) is 96.7 cm³/mol. The Morgan fingerprint density at radius 3 is 2.77 bits per heavy atom. The fourth-order valence-electron chi connectivity index (χ4n) is 3.50. The molecular formula is C20H21N3O3. The largest absolute Gasteiger partial charge is 0.460 e. The van der Waals surface area contributed by atoms with Crippen molar-refractivity contribution in [3.05, 3.63) is 65.5 Å². The van der Waals surface area contributed by atoms with E-state index in [9.17, 15) is 9.90 Å². The van der Waals surface area contributed by atoms with E-state index < -0.39 is 6.10 Å². The molecule has 1 fully saturated rings. The number of nitrogens with one attached hydrogen (secondary N) is 1. The van der Waals surface area contributed by atoms with Crippen LogP contribution in [0.1, 0.15) is 34.2 Å². The Kier molecular flexibility index (Phi) is 4.34. The Morgan fingerprint density at radius 1 is 1.27 bits per heavy atom. The average molecular weight is 351 g/mol. The molecule has 1 aliphatic heterocycles. The minimum atomic E-state index is -0.582. The van der Waals surface area contributed by atoms with E-state index in [2.05, 4.69) is 10.2 Å². The van der Waals surface area contributed by atoms with Crippen molar-refractivity contribution in [1.82, 2.24) is 15.1 Å². The summed E-state index contributed by atoms with van der Waals surface area (Å²) in [6.07, 6.45) is 0.146. The van der Waals surface area contributed by atoms with Crippen LogP contribution in [0.5, 0.6) is 0 Å². The molecule has 2 N–H and O–H groups in total. The summed E-state index contributed by atoms with van der Waals surface area (Å²) in [5.41, 5.74) is 2.11. The quantitative estimate of drug-likeness (QED) is 0.760. The lowest BCUT2D eigenvalue weighted by atomic mass is 9.87. The minimum Gasteiger partial charge on any atom is -0.460 e. The fourth-order valence-corrected chi connectivity index (χ4v) is 3.50. The summed E-state index contributed by atoms with van der Waals surface area (Å²) >= 11 is 0. The van der Waals surface area contributed by atoms with Crippen LogP contribution in [0.25, 0.3) is 11.5 Å². The van der Waals surface area contributed by atoms with Gasteiger partial charge in [-0.1, -0.05) is 30.3 Å². The van der Waals surface area contributed by atoms with Crippen LogP contribution >= 0.6 is 0 Å². The maximum absolute atomic E-state index is 12.7. The monoisotopic (exact) mass is 351 g/mol. The number of piperidine rings is 1. The van der Waals surface area contributed by atoms with Crippen LogP contribution in [0.15, 0.2) is 52.9 Å². The molecule has 2 aromatic heterocycles. The zero-order valence-electron chi connectivity index (χ0n) is 14.6. The van der Waals surface area contributed by atoms with Crippen LogP contribution < -0.4 is 0 Å². The molecule has 4 rings (SSSR count). The van der Waals surface area contributed by atoms with Gasteiger partial charge in [-0.15, -0.1) is 0 Å². The number of benzene rings is 1. The Morgan fingerprint density at radius 2 is 2.08 bits per heavy atom. The van der Waals surface area contributed by atoms with Gasteiger partial charge in [-0.2, -0.15) is 5.10 Å². The summed E-state index contributed by atoms with van der Waals surface area (Å²) in [4.78, 5) is 14.4. The van der Waals surface area contributed by atoms with Crippen molar-refractivity contribution >= 4 is 5.91 Å². The number of aromatic amines is 1. The number of hydrogen-bond acceptors (Lipinski definition) is 4. The number of furan rings is 1. The van der Waals surface area contributed by atoms with Crippen LogP contribution in [-0.2, 0) is 0 Å². The molecule has 134 valence electrons. The normalized spacial score (nSPS) is 20.3. The van der Waals surface area contributed by atoms with E-state index in [0.29, 0.717) is 30.2 Å². The third-order valence-corrected chi connectivity index (χ3v) is 4.90. The van der Waals surface area contributed by atoms with Gasteiger partial charge < -0.3 is 14.4 Å². The van der Waals surface area contributed by atoms with E-state index in [1.54, 1.807) is 11.0 Å². The number of H-pyrrole nitrogens is 1. The first-order valence-electron chi connectivity index (χ1n) is 8.76. The van der Waals surface area contributed by atoms with Gasteiger partial charge in [-0.05, 0) is 31.0 Å². The first kappa shape index (κ1) is 16.6. The second kappa shape index (κ2) is 6.80. The molecular weight excluding hydrogens is 330 g/mol. The lowest BCUT2D eigenvalue weighted by Gasteiger charge is -2.35.